The van der Waals surface area contributed by atoms with E-state index in [1.165, 1.54) is 10.9 Å². The first kappa shape index (κ1) is 16.6. The average Bonchev–Trinajstić information content (AvgIpc) is 3.13. The minimum Gasteiger partial charge on any atom is -0.377 e. The van der Waals surface area contributed by atoms with Gasteiger partial charge in [-0.3, -0.25) is 4.79 Å². The Morgan fingerprint density at radius 1 is 1.00 bits per heavy atom. The van der Waals surface area contributed by atoms with Crippen LogP contribution >= 0.6 is 23.2 Å². The molecular formula is C17H12Cl2N6O. The van der Waals surface area contributed by atoms with Crippen molar-refractivity contribution >= 4 is 34.5 Å². The summed E-state index contributed by atoms with van der Waals surface area (Å²) in [6.45, 7) is 0.409. The zero-order valence-electron chi connectivity index (χ0n) is 13.3. The molecule has 9 heteroatoms. The van der Waals surface area contributed by atoms with Crippen LogP contribution < -0.4 is 10.9 Å². The predicted molar refractivity (Wildman–Crippen MR) is 100 cm³/mol. The molecule has 4 rings (SSSR count). The van der Waals surface area contributed by atoms with Crippen LogP contribution in [0.25, 0.3) is 11.3 Å². The van der Waals surface area contributed by atoms with Gasteiger partial charge in [-0.05, 0) is 30.3 Å². The molecule has 1 N–H and O–H groups in total. The van der Waals surface area contributed by atoms with Crippen molar-refractivity contribution in [3.05, 3.63) is 81.1 Å². The second kappa shape index (κ2) is 6.78. The second-order valence-electron chi connectivity index (χ2n) is 5.46. The molecule has 0 radical (unpaired) electrons. The standard InChI is InChI=1S/C17H12Cl2N6O/c18-11-1-3-12(4-2-11)25-17(26)16(19)14(10-23-25)21-9-13-5-7-20-15-6-8-22-24(13)15/h1-8,10,21H,9H2. The Balaban J connectivity index is 1.62. The Morgan fingerprint density at radius 3 is 2.62 bits per heavy atom. The normalized spacial score (nSPS) is 11.0. The van der Waals surface area contributed by atoms with Crippen molar-refractivity contribution in [2.24, 2.45) is 0 Å². The van der Waals surface area contributed by atoms with Gasteiger partial charge in [0.05, 0.1) is 36.0 Å². The van der Waals surface area contributed by atoms with Crippen LogP contribution in [0.3, 0.4) is 0 Å². The molecule has 4 aromatic rings. The third-order valence-electron chi connectivity index (χ3n) is 3.82. The summed E-state index contributed by atoms with van der Waals surface area (Å²) in [7, 11) is 0. The second-order valence-corrected chi connectivity index (χ2v) is 6.27. The predicted octanol–water partition coefficient (Wildman–Crippen LogP) is 3.19. The monoisotopic (exact) mass is 386 g/mol. The van der Waals surface area contributed by atoms with E-state index in [2.05, 4.69) is 20.5 Å². The third kappa shape index (κ3) is 3.02. The zero-order chi connectivity index (χ0) is 18.1. The minimum atomic E-state index is -0.419. The Hall–Kier alpha value is -2.90. The first-order valence-electron chi connectivity index (χ1n) is 7.69. The van der Waals surface area contributed by atoms with Gasteiger partial charge in [0.25, 0.3) is 5.56 Å². The van der Waals surface area contributed by atoms with E-state index in [1.54, 1.807) is 41.2 Å². The summed E-state index contributed by atoms with van der Waals surface area (Å²) in [6.07, 6.45) is 4.89. The van der Waals surface area contributed by atoms with E-state index in [9.17, 15) is 4.79 Å². The Morgan fingerprint density at radius 2 is 1.81 bits per heavy atom. The van der Waals surface area contributed by atoms with Crippen LogP contribution in [0.5, 0.6) is 0 Å². The number of hydrogen-bond donors (Lipinski definition) is 1. The number of aromatic nitrogens is 5. The van der Waals surface area contributed by atoms with Gasteiger partial charge < -0.3 is 5.32 Å². The van der Waals surface area contributed by atoms with Crippen molar-refractivity contribution < 1.29 is 0 Å². The maximum Gasteiger partial charge on any atom is 0.292 e. The molecule has 0 bridgehead atoms. The first-order chi connectivity index (χ1) is 12.6. The van der Waals surface area contributed by atoms with Crippen LogP contribution in [0.1, 0.15) is 5.69 Å². The molecule has 0 saturated carbocycles. The summed E-state index contributed by atoms with van der Waals surface area (Å²) in [5.74, 6) is 0. The smallest absolute Gasteiger partial charge is 0.292 e. The van der Waals surface area contributed by atoms with E-state index in [1.807, 2.05) is 12.1 Å². The molecule has 1 aromatic carbocycles. The topological polar surface area (TPSA) is 77.1 Å². The van der Waals surface area contributed by atoms with Crippen molar-refractivity contribution in [2.45, 2.75) is 6.54 Å². The molecule has 0 aliphatic heterocycles. The van der Waals surface area contributed by atoms with Crippen LogP contribution in [-0.4, -0.2) is 24.4 Å². The lowest BCUT2D eigenvalue weighted by Gasteiger charge is -2.11. The molecule has 3 aromatic heterocycles. The largest absolute Gasteiger partial charge is 0.377 e. The third-order valence-corrected chi connectivity index (χ3v) is 4.44. The molecule has 7 nitrogen and oxygen atoms in total. The van der Waals surface area contributed by atoms with Crippen molar-refractivity contribution in [3.8, 4) is 5.69 Å². The summed E-state index contributed by atoms with van der Waals surface area (Å²) < 4.78 is 2.94. The van der Waals surface area contributed by atoms with Crippen LogP contribution in [0.15, 0.2) is 59.8 Å². The lowest BCUT2D eigenvalue weighted by atomic mass is 10.3. The van der Waals surface area contributed by atoms with Crippen LogP contribution in [0, 0.1) is 0 Å². The first-order valence-corrected chi connectivity index (χ1v) is 8.44. The minimum absolute atomic E-state index is 0.0562. The molecule has 0 fully saturated rings. The van der Waals surface area contributed by atoms with Gasteiger partial charge in [0, 0.05) is 17.3 Å². The van der Waals surface area contributed by atoms with Crippen LogP contribution in [-0.2, 0) is 6.54 Å². The number of hydrogen-bond acceptors (Lipinski definition) is 5. The number of halogens is 2. The van der Waals surface area contributed by atoms with Crippen molar-refractivity contribution in [3.63, 3.8) is 0 Å². The van der Waals surface area contributed by atoms with E-state index in [0.29, 0.717) is 22.9 Å². The van der Waals surface area contributed by atoms with Crippen molar-refractivity contribution in [1.29, 1.82) is 0 Å². The van der Waals surface area contributed by atoms with Crippen LogP contribution in [0.4, 0.5) is 5.69 Å². The van der Waals surface area contributed by atoms with E-state index in [-0.39, 0.29) is 5.02 Å². The van der Waals surface area contributed by atoms with Gasteiger partial charge in [-0.25, -0.2) is 9.50 Å². The van der Waals surface area contributed by atoms with Gasteiger partial charge >= 0.3 is 0 Å². The lowest BCUT2D eigenvalue weighted by Crippen LogP contribution is -2.22. The molecule has 0 aliphatic rings. The fraction of sp³-hybridized carbons (Fsp3) is 0.0588. The Labute approximate surface area is 157 Å². The zero-order valence-corrected chi connectivity index (χ0v) is 14.8. The summed E-state index contributed by atoms with van der Waals surface area (Å²) >= 11 is 12.1. The van der Waals surface area contributed by atoms with Crippen molar-refractivity contribution in [2.75, 3.05) is 5.32 Å². The Kier molecular flexibility index (Phi) is 4.32. The molecule has 26 heavy (non-hydrogen) atoms. The van der Waals surface area contributed by atoms with E-state index in [4.69, 9.17) is 23.2 Å². The van der Waals surface area contributed by atoms with Crippen LogP contribution in [0.2, 0.25) is 10.0 Å². The molecule has 0 unspecified atom stereocenters. The fourth-order valence-electron chi connectivity index (χ4n) is 2.53. The molecule has 3 heterocycles. The molecule has 0 atom stereocenters. The number of anilines is 1. The number of nitrogens with zero attached hydrogens (tertiary/aromatic N) is 5. The van der Waals surface area contributed by atoms with Crippen molar-refractivity contribution in [1.82, 2.24) is 24.4 Å². The average molecular weight is 387 g/mol. The highest BCUT2D eigenvalue weighted by atomic mass is 35.5. The Bertz CT molecular complexity index is 1140. The number of rotatable bonds is 4. The highest BCUT2D eigenvalue weighted by Crippen LogP contribution is 2.18. The number of benzene rings is 1. The van der Waals surface area contributed by atoms with Gasteiger partial charge in [0.2, 0.25) is 0 Å². The molecule has 130 valence electrons. The molecule has 0 aliphatic carbocycles. The van der Waals surface area contributed by atoms with E-state index >= 15 is 0 Å². The van der Waals surface area contributed by atoms with Gasteiger partial charge in [-0.2, -0.15) is 14.9 Å². The highest BCUT2D eigenvalue weighted by Gasteiger charge is 2.11. The molecule has 0 amide bonds. The SMILES string of the molecule is O=c1c(Cl)c(NCc2ccnc3ccnn23)cnn1-c1ccc(Cl)cc1. The number of fused-ring (bicyclic) bond motifs is 1. The summed E-state index contributed by atoms with van der Waals surface area (Å²) in [4.78, 5) is 16.7. The van der Waals surface area contributed by atoms with Gasteiger partial charge in [-0.15, -0.1) is 0 Å². The van der Waals surface area contributed by atoms with Gasteiger partial charge in [-0.1, -0.05) is 23.2 Å². The lowest BCUT2D eigenvalue weighted by molar-refractivity contribution is 0.804. The maximum atomic E-state index is 12.5. The summed E-state index contributed by atoms with van der Waals surface area (Å²) in [5.41, 5.74) is 2.22. The number of nitrogens with one attached hydrogen (secondary N) is 1. The van der Waals surface area contributed by atoms with E-state index in [0.717, 1.165) is 11.3 Å². The maximum absolute atomic E-state index is 12.5. The fourth-order valence-corrected chi connectivity index (χ4v) is 2.85. The quantitative estimate of drug-likeness (QED) is 0.582. The highest BCUT2D eigenvalue weighted by molar-refractivity contribution is 6.33. The van der Waals surface area contributed by atoms with E-state index < -0.39 is 5.56 Å². The molecule has 0 saturated heterocycles. The molecule has 0 spiro atoms. The molecular weight excluding hydrogens is 375 g/mol. The van der Waals surface area contributed by atoms with Gasteiger partial charge in [0.1, 0.15) is 5.02 Å². The summed E-state index contributed by atoms with van der Waals surface area (Å²) in [6, 6.07) is 10.4. The van der Waals surface area contributed by atoms with Gasteiger partial charge in [0.15, 0.2) is 5.65 Å². The summed E-state index contributed by atoms with van der Waals surface area (Å²) in [5, 5.41) is 12.2.